The van der Waals surface area contributed by atoms with Crippen LogP contribution in [0, 0.1) is 5.82 Å². The second kappa shape index (κ2) is 12.1. The van der Waals surface area contributed by atoms with Crippen LogP contribution in [0.15, 0.2) is 66.0 Å². The van der Waals surface area contributed by atoms with Crippen LogP contribution in [0.2, 0.25) is 0 Å². The smallest absolute Gasteiger partial charge is 0.251 e. The van der Waals surface area contributed by atoms with Gasteiger partial charge in [0.05, 0.1) is 23.8 Å². The number of amides is 2. The summed E-state index contributed by atoms with van der Waals surface area (Å²) in [6, 6.07) is 15.1. The zero-order valence-corrected chi connectivity index (χ0v) is 22.0. The Bertz CT molecular complexity index is 1410. The molecule has 2 aromatic heterocycles. The number of halogens is 1. The average Bonchev–Trinajstić information content (AvgIpc) is 3.74. The van der Waals surface area contributed by atoms with Crippen molar-refractivity contribution in [3.05, 3.63) is 77.4 Å². The summed E-state index contributed by atoms with van der Waals surface area (Å²) in [6.45, 7) is 0.554. The Morgan fingerprint density at radius 1 is 1.21 bits per heavy atom. The number of nitrogens with zero attached hydrogens (tertiary/aromatic N) is 5. The third-order valence-corrected chi connectivity index (χ3v) is 7.18. The highest BCUT2D eigenvalue weighted by Gasteiger charge is 2.35. The maximum absolute atomic E-state index is 15.2. The van der Waals surface area contributed by atoms with Crippen molar-refractivity contribution in [2.24, 2.45) is 0 Å². The molecule has 1 fully saturated rings. The molecule has 2 atom stereocenters. The van der Waals surface area contributed by atoms with Crippen molar-refractivity contribution in [1.29, 1.82) is 0 Å². The van der Waals surface area contributed by atoms with E-state index in [-0.39, 0.29) is 24.9 Å². The number of benzene rings is 2. The van der Waals surface area contributed by atoms with Crippen molar-refractivity contribution in [2.75, 3.05) is 25.2 Å². The number of nitrogens with one attached hydrogen (secondary N) is 1. The van der Waals surface area contributed by atoms with Crippen molar-refractivity contribution in [2.45, 2.75) is 31.5 Å². The summed E-state index contributed by atoms with van der Waals surface area (Å²) in [4.78, 5) is 30.7. The van der Waals surface area contributed by atoms with E-state index in [9.17, 15) is 9.59 Å². The molecule has 0 radical (unpaired) electrons. The number of para-hydroxylation sites is 1. The molecular formula is C27H27FN6O4S. The molecule has 1 saturated heterocycles. The van der Waals surface area contributed by atoms with Gasteiger partial charge < -0.3 is 14.8 Å². The van der Waals surface area contributed by atoms with Crippen molar-refractivity contribution < 1.29 is 23.5 Å². The quantitative estimate of drug-likeness (QED) is 0.321. The molecule has 1 aliphatic rings. The number of tetrazole rings is 1. The molecule has 10 nitrogen and oxygen atoms in total. The number of methoxy groups -OCH3 is 1. The van der Waals surface area contributed by atoms with E-state index in [4.69, 9.17) is 9.47 Å². The van der Waals surface area contributed by atoms with Gasteiger partial charge in [-0.25, -0.2) is 4.39 Å². The van der Waals surface area contributed by atoms with E-state index in [0.29, 0.717) is 23.7 Å². The highest BCUT2D eigenvalue weighted by molar-refractivity contribution is 7.13. The minimum atomic E-state index is -1.19. The van der Waals surface area contributed by atoms with E-state index in [0.717, 1.165) is 27.4 Å². The largest absolute Gasteiger partial charge is 0.497 e. The lowest BCUT2D eigenvalue weighted by Gasteiger charge is -2.32. The number of carbonyl (C=O) groups excluding carboxylic acids is 2. The van der Waals surface area contributed by atoms with Gasteiger partial charge in [0.25, 0.3) is 5.91 Å². The average molecular weight is 551 g/mol. The number of anilines is 1. The van der Waals surface area contributed by atoms with Gasteiger partial charge in [0, 0.05) is 13.2 Å². The summed E-state index contributed by atoms with van der Waals surface area (Å²) in [7, 11) is 1.53. The van der Waals surface area contributed by atoms with E-state index in [2.05, 4.69) is 20.7 Å². The number of hydrogen-bond acceptors (Lipinski definition) is 8. The second-order valence-corrected chi connectivity index (χ2v) is 9.84. The van der Waals surface area contributed by atoms with E-state index < -0.39 is 23.7 Å². The monoisotopic (exact) mass is 550 g/mol. The minimum Gasteiger partial charge on any atom is -0.497 e. The minimum absolute atomic E-state index is 0.0471. The second-order valence-electron chi connectivity index (χ2n) is 8.89. The van der Waals surface area contributed by atoms with Crippen LogP contribution < -0.4 is 15.0 Å². The lowest BCUT2D eigenvalue weighted by Crippen LogP contribution is -2.47. The van der Waals surface area contributed by atoms with Gasteiger partial charge in [0.1, 0.15) is 24.2 Å². The molecule has 1 N–H and O–H groups in total. The van der Waals surface area contributed by atoms with Crippen LogP contribution >= 0.6 is 11.3 Å². The van der Waals surface area contributed by atoms with Gasteiger partial charge in [-0.15, -0.1) is 21.5 Å². The fraction of sp³-hybridized carbons (Fsp3) is 0.296. The third-order valence-electron chi connectivity index (χ3n) is 6.32. The van der Waals surface area contributed by atoms with Crippen molar-refractivity contribution in [3.63, 3.8) is 0 Å². The van der Waals surface area contributed by atoms with Crippen LogP contribution in [0.3, 0.4) is 0 Å². The van der Waals surface area contributed by atoms with Crippen molar-refractivity contribution in [3.8, 4) is 16.5 Å². The van der Waals surface area contributed by atoms with Crippen LogP contribution in [0.1, 0.15) is 24.4 Å². The van der Waals surface area contributed by atoms with Crippen molar-refractivity contribution in [1.82, 2.24) is 25.5 Å². The molecule has 2 aromatic carbocycles. The summed E-state index contributed by atoms with van der Waals surface area (Å²) >= 11 is 1.44. The predicted octanol–water partition coefficient (Wildman–Crippen LogP) is 3.62. The number of carbonyl (C=O) groups is 2. The molecule has 39 heavy (non-hydrogen) atoms. The summed E-state index contributed by atoms with van der Waals surface area (Å²) in [5, 5.41) is 17.1. The SMILES string of the molecule is COc1ccc(C(C(=O)NCC2CCCO2)N(C(=O)Cn2nnc(-c3cccs3)n2)c2ccccc2F)cc1. The highest BCUT2D eigenvalue weighted by atomic mass is 32.1. The van der Waals surface area contributed by atoms with Gasteiger partial charge >= 0.3 is 0 Å². The van der Waals surface area contributed by atoms with E-state index in [1.807, 2.05) is 17.5 Å². The standard InChI is InChI=1S/C27H27FN6O4S/c1-37-19-12-10-18(11-13-19)25(27(36)29-16-20-6-4-14-38-20)34(22-8-3-2-7-21(22)28)24(35)17-33-31-26(30-32-33)23-9-5-15-39-23/h2-3,5,7-13,15,20,25H,4,6,14,16-17H2,1H3,(H,29,36). The molecule has 0 saturated carbocycles. The van der Waals surface area contributed by atoms with Crippen LogP contribution in [-0.4, -0.2) is 58.4 Å². The molecule has 0 bridgehead atoms. The van der Waals surface area contributed by atoms with Crippen LogP contribution in [0.4, 0.5) is 10.1 Å². The van der Waals surface area contributed by atoms with Crippen molar-refractivity contribution >= 4 is 28.8 Å². The van der Waals surface area contributed by atoms with Crippen LogP contribution in [0.25, 0.3) is 10.7 Å². The van der Waals surface area contributed by atoms with Gasteiger partial charge in [-0.1, -0.05) is 30.3 Å². The molecule has 2 amide bonds. The predicted molar refractivity (Wildman–Crippen MR) is 143 cm³/mol. The number of thiophene rings is 1. The summed E-state index contributed by atoms with van der Waals surface area (Å²) in [6.07, 6.45) is 1.63. The molecule has 4 aromatic rings. The Morgan fingerprint density at radius 3 is 2.72 bits per heavy atom. The first-order chi connectivity index (χ1) is 19.0. The molecule has 0 aliphatic carbocycles. The normalized spacial score (nSPS) is 15.6. The highest BCUT2D eigenvalue weighted by Crippen LogP contribution is 2.31. The molecule has 0 spiro atoms. The summed E-state index contributed by atoms with van der Waals surface area (Å²) in [5.41, 5.74) is 0.428. The fourth-order valence-corrected chi connectivity index (χ4v) is 5.04. The van der Waals surface area contributed by atoms with Gasteiger partial charge in [0.15, 0.2) is 0 Å². The van der Waals surface area contributed by atoms with Crippen LogP contribution in [0.5, 0.6) is 5.75 Å². The van der Waals surface area contributed by atoms with Crippen LogP contribution in [-0.2, 0) is 20.9 Å². The Hall–Kier alpha value is -4.16. The Labute approximate surface area is 228 Å². The topological polar surface area (TPSA) is 111 Å². The number of rotatable bonds is 10. The molecular weight excluding hydrogens is 523 g/mol. The number of aromatic nitrogens is 4. The molecule has 5 rings (SSSR count). The lowest BCUT2D eigenvalue weighted by atomic mass is 10.0. The fourth-order valence-electron chi connectivity index (χ4n) is 4.40. The molecule has 202 valence electrons. The summed E-state index contributed by atoms with van der Waals surface area (Å²) < 4.78 is 26.1. The Balaban J connectivity index is 1.50. The third kappa shape index (κ3) is 6.13. The van der Waals surface area contributed by atoms with E-state index >= 15 is 4.39 Å². The maximum atomic E-state index is 15.2. The lowest BCUT2D eigenvalue weighted by molar-refractivity contribution is -0.127. The first-order valence-corrected chi connectivity index (χ1v) is 13.3. The number of ether oxygens (including phenoxy) is 2. The van der Waals surface area contributed by atoms with Gasteiger partial charge in [-0.3, -0.25) is 14.5 Å². The zero-order chi connectivity index (χ0) is 27.2. The molecule has 2 unspecified atom stereocenters. The number of hydrogen-bond donors (Lipinski definition) is 1. The first-order valence-electron chi connectivity index (χ1n) is 12.4. The maximum Gasteiger partial charge on any atom is 0.251 e. The summed E-state index contributed by atoms with van der Waals surface area (Å²) in [5.74, 6) is -0.770. The van der Waals surface area contributed by atoms with Gasteiger partial charge in [0.2, 0.25) is 11.7 Å². The molecule has 1 aliphatic heterocycles. The van der Waals surface area contributed by atoms with E-state index in [1.54, 1.807) is 30.3 Å². The molecule has 3 heterocycles. The van der Waals surface area contributed by atoms with Gasteiger partial charge in [-0.2, -0.15) is 4.80 Å². The van der Waals surface area contributed by atoms with Gasteiger partial charge in [-0.05, 0) is 59.3 Å². The first kappa shape index (κ1) is 26.4. The molecule has 12 heteroatoms. The Kier molecular flexibility index (Phi) is 8.23. The van der Waals surface area contributed by atoms with E-state index in [1.165, 1.54) is 36.6 Å². The zero-order valence-electron chi connectivity index (χ0n) is 21.2. The Morgan fingerprint density at radius 2 is 2.03 bits per heavy atom.